The van der Waals surface area contributed by atoms with Crippen molar-refractivity contribution in [3.8, 4) is 0 Å². The number of alkyl halides is 3. The minimum Gasteiger partial charge on any atom is -0.481 e. The number of fused-ring (bicyclic) bond motifs is 1. The number of carbonyl (C=O) groups excluding carboxylic acids is 3. The molecule has 10 heteroatoms. The normalized spacial score (nSPS) is 13.0. The summed E-state index contributed by atoms with van der Waals surface area (Å²) in [5.41, 5.74) is -1.26. The van der Waals surface area contributed by atoms with Crippen LogP contribution in [0.2, 0.25) is 0 Å². The molecule has 1 amide bonds. The fourth-order valence-electron chi connectivity index (χ4n) is 4.39. The maximum Gasteiger partial charge on any atom is 0.446 e. The summed E-state index contributed by atoms with van der Waals surface area (Å²) in [4.78, 5) is 49.6. The number of hydrogen-bond donors (Lipinski definition) is 2. The number of hydrogen-bond acceptors (Lipinski definition) is 5. The van der Waals surface area contributed by atoms with Gasteiger partial charge in [0.1, 0.15) is 0 Å². The Hall–Kier alpha value is -4.18. The molecule has 0 aromatic heterocycles. The number of carboxylic acid groups (broad SMARTS) is 1. The van der Waals surface area contributed by atoms with E-state index in [4.69, 9.17) is 5.11 Å². The average Bonchev–Trinajstić information content (AvgIpc) is 3.38. The second-order valence-electron chi connectivity index (χ2n) is 9.14. The lowest BCUT2D eigenvalue weighted by Crippen LogP contribution is -2.26. The molecule has 206 valence electrons. The molecule has 0 spiro atoms. The highest BCUT2D eigenvalue weighted by atomic mass is 32.2. The summed E-state index contributed by atoms with van der Waals surface area (Å²) in [6.07, 6.45) is 3.64. The molecule has 0 saturated heterocycles. The number of aliphatic carboxylic acids is 1. The zero-order valence-corrected chi connectivity index (χ0v) is 21.9. The lowest BCUT2D eigenvalue weighted by Gasteiger charge is -2.11. The first-order valence-electron chi connectivity index (χ1n) is 12.4. The fraction of sp³-hybridized carbons (Fsp3) is 0.200. The number of carbonyl (C=O) groups is 4. The van der Waals surface area contributed by atoms with Crippen molar-refractivity contribution in [2.75, 3.05) is 6.54 Å². The number of nitrogens with one attached hydrogen (secondary N) is 1. The number of rotatable bonds is 10. The largest absolute Gasteiger partial charge is 0.481 e. The van der Waals surface area contributed by atoms with Gasteiger partial charge in [0.25, 0.3) is 5.91 Å². The highest BCUT2D eigenvalue weighted by molar-refractivity contribution is 8.00. The summed E-state index contributed by atoms with van der Waals surface area (Å²) in [5, 5.41) is 11.2. The number of halogens is 3. The molecule has 0 aliphatic heterocycles. The van der Waals surface area contributed by atoms with Crippen LogP contribution in [0.5, 0.6) is 0 Å². The molecule has 0 fully saturated rings. The van der Waals surface area contributed by atoms with E-state index in [0.29, 0.717) is 5.56 Å². The van der Waals surface area contributed by atoms with Crippen LogP contribution in [0.3, 0.4) is 0 Å². The molecule has 6 nitrogen and oxygen atoms in total. The van der Waals surface area contributed by atoms with Gasteiger partial charge in [-0.3, -0.25) is 19.2 Å². The lowest BCUT2D eigenvalue weighted by atomic mass is 9.92. The van der Waals surface area contributed by atoms with Crippen LogP contribution >= 0.6 is 11.8 Å². The second-order valence-corrected chi connectivity index (χ2v) is 10.3. The summed E-state index contributed by atoms with van der Waals surface area (Å²) >= 11 is -0.328. The van der Waals surface area contributed by atoms with Gasteiger partial charge in [0.2, 0.25) is 0 Å². The Morgan fingerprint density at radius 3 is 2.23 bits per heavy atom. The van der Waals surface area contributed by atoms with Gasteiger partial charge in [0.15, 0.2) is 11.6 Å². The van der Waals surface area contributed by atoms with E-state index in [1.54, 1.807) is 6.07 Å². The number of amides is 1. The number of thioether (sulfide) groups is 1. The highest BCUT2D eigenvalue weighted by Gasteiger charge is 2.29. The van der Waals surface area contributed by atoms with Gasteiger partial charge in [-0.15, -0.1) is 0 Å². The van der Waals surface area contributed by atoms with Crippen LogP contribution in [0.1, 0.15) is 60.6 Å². The maximum atomic E-state index is 13.7. The third kappa shape index (κ3) is 7.47. The Balaban J connectivity index is 1.65. The molecule has 4 rings (SSSR count). The number of Topliss-reactive ketones (excluding diaryl/α,β-unsaturated/α-hetero) is 1. The van der Waals surface area contributed by atoms with Crippen LogP contribution < -0.4 is 5.32 Å². The van der Waals surface area contributed by atoms with Crippen LogP contribution in [0.25, 0.3) is 5.57 Å². The van der Waals surface area contributed by atoms with E-state index in [1.165, 1.54) is 42.5 Å². The van der Waals surface area contributed by atoms with E-state index < -0.39 is 29.0 Å². The van der Waals surface area contributed by atoms with Gasteiger partial charge in [-0.05, 0) is 78.1 Å². The van der Waals surface area contributed by atoms with Crippen LogP contribution in [0.4, 0.5) is 13.2 Å². The molecule has 0 radical (unpaired) electrons. The van der Waals surface area contributed by atoms with Gasteiger partial charge in [-0.2, -0.15) is 13.2 Å². The molecular formula is C30H24F3NO5S. The van der Waals surface area contributed by atoms with Gasteiger partial charge in [-0.25, -0.2) is 0 Å². The molecule has 0 unspecified atom stereocenters. The van der Waals surface area contributed by atoms with E-state index in [2.05, 4.69) is 5.32 Å². The Morgan fingerprint density at radius 1 is 0.850 bits per heavy atom. The first-order valence-corrected chi connectivity index (χ1v) is 13.2. The van der Waals surface area contributed by atoms with E-state index in [9.17, 15) is 32.3 Å². The van der Waals surface area contributed by atoms with Crippen LogP contribution in [0, 0.1) is 0 Å². The van der Waals surface area contributed by atoms with E-state index in [1.807, 2.05) is 12.1 Å². The molecule has 40 heavy (non-hydrogen) atoms. The molecule has 0 bridgehead atoms. The third-order valence-electron chi connectivity index (χ3n) is 6.32. The number of ketones is 2. The van der Waals surface area contributed by atoms with Gasteiger partial charge in [0.05, 0.1) is 6.42 Å². The standard InChI is InChI=1S/C30H24F3NO5S/c31-30(32,33)40-24-6-2-5-23(16-24)26(35)17-25(22-12-7-18-3-1-4-21(18)15-22)28(38)19-8-10-20(11-9-19)29(39)34-14-13-27(36)37/h2,5-12,15-17H,1,3-4,13-14H2,(H,34,39)(H,36,37). The SMILES string of the molecule is O=C(O)CCNC(=O)c1ccc(C(=O)C(=CC(=O)c2cccc(SC(F)(F)F)c2)c2ccc3c(c2)CCC3)cc1. The zero-order chi connectivity index (χ0) is 28.9. The Bertz CT molecular complexity index is 1500. The van der Waals surface area contributed by atoms with Crippen molar-refractivity contribution in [2.45, 2.75) is 36.1 Å². The molecule has 1 aliphatic rings. The summed E-state index contributed by atoms with van der Waals surface area (Å²) < 4.78 is 38.6. The fourth-order valence-corrected chi connectivity index (χ4v) is 4.99. The number of carboxylic acids is 1. The molecule has 0 atom stereocenters. The zero-order valence-electron chi connectivity index (χ0n) is 21.1. The molecule has 3 aromatic carbocycles. The first kappa shape index (κ1) is 28.8. The third-order valence-corrected chi connectivity index (χ3v) is 7.04. The van der Waals surface area contributed by atoms with Crippen molar-refractivity contribution in [3.63, 3.8) is 0 Å². The molecule has 0 heterocycles. The maximum absolute atomic E-state index is 13.7. The summed E-state index contributed by atoms with van der Waals surface area (Å²) in [5.74, 6) is -2.67. The Labute approximate surface area is 232 Å². The highest BCUT2D eigenvalue weighted by Crippen LogP contribution is 2.37. The predicted octanol–water partition coefficient (Wildman–Crippen LogP) is 6.14. The van der Waals surface area contributed by atoms with Crippen LogP contribution in [-0.4, -0.2) is 40.6 Å². The second kappa shape index (κ2) is 12.3. The molecule has 3 aromatic rings. The first-order chi connectivity index (χ1) is 19.0. The summed E-state index contributed by atoms with van der Waals surface area (Å²) in [6.45, 7) is -0.0507. The minimum atomic E-state index is -4.51. The summed E-state index contributed by atoms with van der Waals surface area (Å²) in [6, 6.07) is 16.4. The van der Waals surface area contributed by atoms with Gasteiger partial charge in [-0.1, -0.05) is 42.5 Å². The van der Waals surface area contributed by atoms with Crippen LogP contribution in [-0.2, 0) is 17.6 Å². The molecule has 0 saturated carbocycles. The topological polar surface area (TPSA) is 101 Å². The average molecular weight is 568 g/mol. The van der Waals surface area contributed by atoms with Crippen molar-refractivity contribution in [2.24, 2.45) is 0 Å². The predicted molar refractivity (Wildman–Crippen MR) is 144 cm³/mol. The van der Waals surface area contributed by atoms with Gasteiger partial charge < -0.3 is 10.4 Å². The van der Waals surface area contributed by atoms with Crippen molar-refractivity contribution in [1.29, 1.82) is 0 Å². The minimum absolute atomic E-state index is 0.00842. The molecule has 1 aliphatic carbocycles. The number of allylic oxidation sites excluding steroid dienone is 2. The lowest BCUT2D eigenvalue weighted by molar-refractivity contribution is -0.136. The van der Waals surface area contributed by atoms with E-state index >= 15 is 0 Å². The van der Waals surface area contributed by atoms with E-state index in [0.717, 1.165) is 42.5 Å². The Morgan fingerprint density at radius 2 is 1.52 bits per heavy atom. The monoisotopic (exact) mass is 567 g/mol. The van der Waals surface area contributed by atoms with E-state index in [-0.39, 0.29) is 51.9 Å². The molecule has 2 N–H and O–H groups in total. The van der Waals surface area contributed by atoms with Crippen LogP contribution in [0.15, 0.2) is 77.7 Å². The van der Waals surface area contributed by atoms with Crippen molar-refractivity contribution in [3.05, 3.63) is 106 Å². The number of aryl methyl sites for hydroxylation is 2. The smallest absolute Gasteiger partial charge is 0.446 e. The van der Waals surface area contributed by atoms with Crippen molar-refractivity contribution in [1.82, 2.24) is 5.32 Å². The number of benzene rings is 3. The quantitative estimate of drug-likeness (QED) is 0.173. The van der Waals surface area contributed by atoms with Gasteiger partial charge in [0, 0.05) is 33.7 Å². The molecular weight excluding hydrogens is 543 g/mol. The van der Waals surface area contributed by atoms with Gasteiger partial charge >= 0.3 is 11.5 Å². The van der Waals surface area contributed by atoms with Crippen molar-refractivity contribution < 1.29 is 37.5 Å². The van der Waals surface area contributed by atoms with Crippen molar-refractivity contribution >= 4 is 40.8 Å². The Kier molecular flexibility index (Phi) is 8.89. The summed E-state index contributed by atoms with van der Waals surface area (Å²) in [7, 11) is 0.